The molecule has 3 amide bonds. The minimum atomic E-state index is -1.29. The van der Waals surface area contributed by atoms with Crippen LogP contribution in [0.1, 0.15) is 13.3 Å². The first-order valence-electron chi connectivity index (χ1n) is 8.52. The van der Waals surface area contributed by atoms with Crippen molar-refractivity contribution in [2.75, 3.05) is 39.3 Å². The minimum Gasteiger partial charge on any atom is -0.339 e. The molecule has 2 saturated heterocycles. The molecule has 0 saturated carbocycles. The Balaban J connectivity index is 1.58. The number of urea groups is 1. The number of benzene rings is 1. The molecule has 1 aromatic carbocycles. The van der Waals surface area contributed by atoms with Gasteiger partial charge >= 0.3 is 6.03 Å². The third-order valence-electron chi connectivity index (χ3n) is 4.84. The molecule has 0 bridgehead atoms. The molecule has 1 aromatic rings. The summed E-state index contributed by atoms with van der Waals surface area (Å²) in [5.74, 6) is -0.363. The second kappa shape index (κ2) is 8.04. The minimum absolute atomic E-state index is 0.0270. The van der Waals surface area contributed by atoms with Gasteiger partial charge in [-0.2, -0.15) is 0 Å². The number of rotatable bonds is 2. The van der Waals surface area contributed by atoms with Gasteiger partial charge in [0.15, 0.2) is 0 Å². The van der Waals surface area contributed by atoms with Crippen LogP contribution in [0.2, 0.25) is 0 Å². The SMILES string of the molecule is CC(=O)N1CCN(C(=O)N2CCC(S(=O)c3ccc(F)c(Br)c3)C2)CC1. The summed E-state index contributed by atoms with van der Waals surface area (Å²) in [6, 6.07) is 4.30. The van der Waals surface area contributed by atoms with Crippen LogP contribution in [0.25, 0.3) is 0 Å². The van der Waals surface area contributed by atoms with Crippen molar-refractivity contribution >= 4 is 38.7 Å². The van der Waals surface area contributed by atoms with Crippen molar-refractivity contribution in [3.63, 3.8) is 0 Å². The van der Waals surface area contributed by atoms with Gasteiger partial charge in [0.05, 0.1) is 20.5 Å². The van der Waals surface area contributed by atoms with Crippen molar-refractivity contribution in [3.8, 4) is 0 Å². The van der Waals surface area contributed by atoms with Crippen LogP contribution in [-0.2, 0) is 15.6 Å². The zero-order valence-corrected chi connectivity index (χ0v) is 16.9. The van der Waals surface area contributed by atoms with Gasteiger partial charge in [-0.05, 0) is 40.5 Å². The molecule has 9 heteroatoms. The Hall–Kier alpha value is -1.48. The van der Waals surface area contributed by atoms with Crippen molar-refractivity contribution in [3.05, 3.63) is 28.5 Å². The first-order valence-corrected chi connectivity index (χ1v) is 10.5. The molecular weight excluding hydrogens is 425 g/mol. The van der Waals surface area contributed by atoms with E-state index in [0.29, 0.717) is 50.6 Å². The van der Waals surface area contributed by atoms with Crippen molar-refractivity contribution in [1.29, 1.82) is 0 Å². The Morgan fingerprint density at radius 1 is 1.12 bits per heavy atom. The monoisotopic (exact) mass is 445 g/mol. The Labute approximate surface area is 162 Å². The van der Waals surface area contributed by atoms with Gasteiger partial charge in [0.1, 0.15) is 5.82 Å². The number of carbonyl (C=O) groups is 2. The molecule has 2 atom stereocenters. The van der Waals surface area contributed by atoms with Gasteiger partial charge < -0.3 is 14.7 Å². The molecule has 0 N–H and O–H groups in total. The summed E-state index contributed by atoms with van der Waals surface area (Å²) in [5.41, 5.74) is 0. The predicted octanol–water partition coefficient (Wildman–Crippen LogP) is 2.05. The maximum atomic E-state index is 13.4. The standard InChI is InChI=1S/C17H21BrFN3O3S/c1-12(23)20-6-8-21(9-7-20)17(24)22-5-4-14(11-22)26(25)13-2-3-16(19)15(18)10-13/h2-3,10,14H,4-9,11H2,1H3. The highest BCUT2D eigenvalue weighted by molar-refractivity contribution is 9.10. The molecule has 3 rings (SSSR count). The van der Waals surface area contributed by atoms with E-state index in [9.17, 15) is 18.2 Å². The molecule has 0 spiro atoms. The van der Waals surface area contributed by atoms with Crippen molar-refractivity contribution < 1.29 is 18.2 Å². The van der Waals surface area contributed by atoms with Crippen molar-refractivity contribution in [2.24, 2.45) is 0 Å². The van der Waals surface area contributed by atoms with Crippen LogP contribution < -0.4 is 0 Å². The first kappa shape index (κ1) is 19.3. The molecular formula is C17H21BrFN3O3S. The summed E-state index contributed by atoms with van der Waals surface area (Å²) in [4.78, 5) is 29.8. The van der Waals surface area contributed by atoms with E-state index in [1.807, 2.05) is 0 Å². The van der Waals surface area contributed by atoms with Crippen LogP contribution in [0.4, 0.5) is 9.18 Å². The molecule has 0 radical (unpaired) electrons. The largest absolute Gasteiger partial charge is 0.339 e. The van der Waals surface area contributed by atoms with E-state index in [2.05, 4.69) is 15.9 Å². The van der Waals surface area contributed by atoms with E-state index in [1.165, 1.54) is 25.1 Å². The quantitative estimate of drug-likeness (QED) is 0.699. The van der Waals surface area contributed by atoms with Crippen LogP contribution in [0.3, 0.4) is 0 Å². The van der Waals surface area contributed by atoms with E-state index >= 15 is 0 Å². The first-order chi connectivity index (χ1) is 12.4. The highest BCUT2D eigenvalue weighted by atomic mass is 79.9. The van der Waals surface area contributed by atoms with Gasteiger partial charge in [0, 0.05) is 51.1 Å². The summed E-state index contributed by atoms with van der Waals surface area (Å²) in [5, 5.41) is -0.158. The highest BCUT2D eigenvalue weighted by Gasteiger charge is 2.34. The molecule has 2 unspecified atom stereocenters. The molecule has 26 heavy (non-hydrogen) atoms. The van der Waals surface area contributed by atoms with Gasteiger partial charge in [0.25, 0.3) is 0 Å². The van der Waals surface area contributed by atoms with Gasteiger partial charge in [-0.15, -0.1) is 0 Å². The number of carbonyl (C=O) groups excluding carboxylic acids is 2. The molecule has 6 nitrogen and oxygen atoms in total. The lowest BCUT2D eigenvalue weighted by Crippen LogP contribution is -2.53. The molecule has 2 aliphatic rings. The van der Waals surface area contributed by atoms with Gasteiger partial charge in [-0.25, -0.2) is 9.18 Å². The van der Waals surface area contributed by atoms with Crippen LogP contribution in [0.15, 0.2) is 27.6 Å². The predicted molar refractivity (Wildman–Crippen MR) is 99.7 cm³/mol. The van der Waals surface area contributed by atoms with E-state index in [-0.39, 0.29) is 21.7 Å². The number of hydrogen-bond donors (Lipinski definition) is 0. The normalized spacial score (nSPS) is 21.8. The number of hydrogen-bond acceptors (Lipinski definition) is 3. The van der Waals surface area contributed by atoms with Crippen LogP contribution in [-0.4, -0.2) is 75.4 Å². The Morgan fingerprint density at radius 3 is 2.38 bits per heavy atom. The molecule has 2 heterocycles. The summed E-state index contributed by atoms with van der Waals surface area (Å²) >= 11 is 3.12. The maximum Gasteiger partial charge on any atom is 0.320 e. The zero-order chi connectivity index (χ0) is 18.8. The fraction of sp³-hybridized carbons (Fsp3) is 0.529. The van der Waals surface area contributed by atoms with Gasteiger partial charge in [-0.3, -0.25) is 9.00 Å². The van der Waals surface area contributed by atoms with E-state index in [1.54, 1.807) is 14.7 Å². The van der Waals surface area contributed by atoms with E-state index in [0.717, 1.165) is 0 Å². The summed E-state index contributed by atoms with van der Waals surface area (Å²) in [6.07, 6.45) is 0.654. The van der Waals surface area contributed by atoms with E-state index < -0.39 is 16.6 Å². The average Bonchev–Trinajstić information content (AvgIpc) is 3.13. The fourth-order valence-corrected chi connectivity index (χ4v) is 5.27. The lowest BCUT2D eigenvalue weighted by atomic mass is 10.3. The molecule has 0 aromatic heterocycles. The summed E-state index contributed by atoms with van der Waals surface area (Å²) in [7, 11) is -1.29. The number of piperazine rings is 1. The van der Waals surface area contributed by atoms with Gasteiger partial charge in [0.2, 0.25) is 5.91 Å². The molecule has 142 valence electrons. The van der Waals surface area contributed by atoms with Gasteiger partial charge in [-0.1, -0.05) is 0 Å². The maximum absolute atomic E-state index is 13.4. The number of likely N-dealkylation sites (tertiary alicyclic amines) is 1. The van der Waals surface area contributed by atoms with E-state index in [4.69, 9.17) is 0 Å². The Morgan fingerprint density at radius 2 is 1.77 bits per heavy atom. The lowest BCUT2D eigenvalue weighted by Gasteiger charge is -2.36. The molecule has 0 aliphatic carbocycles. The second-order valence-electron chi connectivity index (χ2n) is 6.51. The Bertz CT molecular complexity index is 740. The zero-order valence-electron chi connectivity index (χ0n) is 14.5. The number of halogens is 2. The number of amides is 3. The van der Waals surface area contributed by atoms with Crippen molar-refractivity contribution in [1.82, 2.24) is 14.7 Å². The average molecular weight is 446 g/mol. The molecule has 2 fully saturated rings. The number of nitrogens with zero attached hydrogens (tertiary/aromatic N) is 3. The smallest absolute Gasteiger partial charge is 0.320 e. The van der Waals surface area contributed by atoms with Crippen molar-refractivity contribution in [2.45, 2.75) is 23.5 Å². The third kappa shape index (κ3) is 4.09. The third-order valence-corrected chi connectivity index (χ3v) is 7.15. The summed E-state index contributed by atoms with van der Waals surface area (Å²) < 4.78 is 26.4. The fourth-order valence-electron chi connectivity index (χ4n) is 3.28. The van der Waals surface area contributed by atoms with Crippen LogP contribution >= 0.6 is 15.9 Å². The second-order valence-corrected chi connectivity index (χ2v) is 9.09. The topological polar surface area (TPSA) is 60.9 Å². The summed E-state index contributed by atoms with van der Waals surface area (Å²) in [6.45, 7) is 4.66. The van der Waals surface area contributed by atoms with Crippen LogP contribution in [0, 0.1) is 5.82 Å². The lowest BCUT2D eigenvalue weighted by molar-refractivity contribution is -0.130. The molecule has 2 aliphatic heterocycles. The Kier molecular flexibility index (Phi) is 5.96. The highest BCUT2D eigenvalue weighted by Crippen LogP contribution is 2.25. The van der Waals surface area contributed by atoms with Crippen LogP contribution in [0.5, 0.6) is 0 Å².